The Hall–Kier alpha value is -0.870. The first-order chi connectivity index (χ1) is 7.15. The standard InChI is InChI=1S/C11H19N3O/c1-7(2)14-9-3-4-10(15)11(9)8(13-14)5-6-12/h7,10,15H,3-6,12H2,1-2H3. The molecule has 1 atom stereocenters. The molecule has 1 aliphatic carbocycles. The molecule has 1 heterocycles. The first-order valence-corrected chi connectivity index (χ1v) is 5.63. The van der Waals surface area contributed by atoms with Crippen molar-refractivity contribution in [3.05, 3.63) is 17.0 Å². The van der Waals surface area contributed by atoms with Gasteiger partial charge in [-0.3, -0.25) is 4.68 Å². The molecule has 15 heavy (non-hydrogen) atoms. The molecule has 1 aromatic rings. The minimum absolute atomic E-state index is 0.325. The fraction of sp³-hybridized carbons (Fsp3) is 0.727. The Morgan fingerprint density at radius 2 is 2.33 bits per heavy atom. The van der Waals surface area contributed by atoms with Crippen molar-refractivity contribution < 1.29 is 5.11 Å². The minimum Gasteiger partial charge on any atom is -0.388 e. The Bertz CT molecular complexity index is 357. The molecule has 0 aliphatic heterocycles. The third kappa shape index (κ3) is 1.68. The molecule has 84 valence electrons. The number of aromatic nitrogens is 2. The summed E-state index contributed by atoms with van der Waals surface area (Å²) < 4.78 is 2.04. The highest BCUT2D eigenvalue weighted by Gasteiger charge is 2.29. The van der Waals surface area contributed by atoms with E-state index in [9.17, 15) is 5.11 Å². The summed E-state index contributed by atoms with van der Waals surface area (Å²) in [5, 5.41) is 14.4. The Morgan fingerprint density at radius 3 is 2.93 bits per heavy atom. The maximum atomic E-state index is 9.89. The zero-order chi connectivity index (χ0) is 11.0. The van der Waals surface area contributed by atoms with Crippen molar-refractivity contribution in [2.24, 2.45) is 5.73 Å². The van der Waals surface area contributed by atoms with Gasteiger partial charge in [0.2, 0.25) is 0 Å². The summed E-state index contributed by atoms with van der Waals surface area (Å²) in [4.78, 5) is 0. The van der Waals surface area contributed by atoms with Crippen LogP contribution in [0, 0.1) is 0 Å². The number of rotatable bonds is 3. The van der Waals surface area contributed by atoms with Crippen LogP contribution in [-0.4, -0.2) is 21.4 Å². The van der Waals surface area contributed by atoms with E-state index in [0.717, 1.165) is 30.5 Å². The van der Waals surface area contributed by atoms with Gasteiger partial charge >= 0.3 is 0 Å². The molecule has 0 fully saturated rings. The van der Waals surface area contributed by atoms with Crippen molar-refractivity contribution >= 4 is 0 Å². The number of fused-ring (bicyclic) bond motifs is 1. The van der Waals surface area contributed by atoms with Gasteiger partial charge in [-0.05, 0) is 33.2 Å². The van der Waals surface area contributed by atoms with Crippen LogP contribution in [0.25, 0.3) is 0 Å². The summed E-state index contributed by atoms with van der Waals surface area (Å²) in [5.74, 6) is 0. The van der Waals surface area contributed by atoms with E-state index in [4.69, 9.17) is 5.73 Å². The summed E-state index contributed by atoms with van der Waals surface area (Å²) in [7, 11) is 0. The molecule has 0 saturated carbocycles. The van der Waals surface area contributed by atoms with Crippen molar-refractivity contribution in [2.45, 2.75) is 45.3 Å². The molecule has 0 radical (unpaired) electrons. The van der Waals surface area contributed by atoms with Gasteiger partial charge in [-0.1, -0.05) is 0 Å². The predicted molar refractivity (Wildman–Crippen MR) is 58.7 cm³/mol. The van der Waals surface area contributed by atoms with Gasteiger partial charge in [-0.25, -0.2) is 0 Å². The van der Waals surface area contributed by atoms with E-state index in [1.807, 2.05) is 4.68 Å². The smallest absolute Gasteiger partial charge is 0.0829 e. The second kappa shape index (κ2) is 3.94. The lowest BCUT2D eigenvalue weighted by molar-refractivity contribution is 0.178. The highest BCUT2D eigenvalue weighted by atomic mass is 16.3. The molecule has 0 bridgehead atoms. The van der Waals surface area contributed by atoms with Gasteiger partial charge in [0.15, 0.2) is 0 Å². The van der Waals surface area contributed by atoms with E-state index in [0.29, 0.717) is 12.6 Å². The summed E-state index contributed by atoms with van der Waals surface area (Å²) >= 11 is 0. The summed E-state index contributed by atoms with van der Waals surface area (Å²) in [5.41, 5.74) is 8.81. The summed E-state index contributed by atoms with van der Waals surface area (Å²) in [6.07, 6.45) is 2.21. The number of hydrogen-bond donors (Lipinski definition) is 2. The number of hydrogen-bond acceptors (Lipinski definition) is 3. The minimum atomic E-state index is -0.325. The van der Waals surface area contributed by atoms with Crippen LogP contribution in [0.2, 0.25) is 0 Å². The van der Waals surface area contributed by atoms with Gasteiger partial charge < -0.3 is 10.8 Å². The molecular formula is C11H19N3O. The molecule has 2 rings (SSSR count). The van der Waals surface area contributed by atoms with Crippen molar-refractivity contribution in [1.29, 1.82) is 0 Å². The van der Waals surface area contributed by atoms with Crippen molar-refractivity contribution in [2.75, 3.05) is 6.54 Å². The number of aliphatic hydroxyl groups excluding tert-OH is 1. The molecule has 0 spiro atoms. The van der Waals surface area contributed by atoms with Crippen LogP contribution in [0.4, 0.5) is 0 Å². The quantitative estimate of drug-likeness (QED) is 0.779. The van der Waals surface area contributed by atoms with E-state index in [2.05, 4.69) is 18.9 Å². The third-order valence-corrected chi connectivity index (χ3v) is 2.98. The first-order valence-electron chi connectivity index (χ1n) is 5.63. The molecule has 1 aromatic heterocycles. The Morgan fingerprint density at radius 1 is 1.60 bits per heavy atom. The average molecular weight is 209 g/mol. The van der Waals surface area contributed by atoms with Gasteiger partial charge in [-0.2, -0.15) is 5.10 Å². The second-order valence-electron chi connectivity index (χ2n) is 4.44. The molecule has 3 N–H and O–H groups in total. The molecule has 1 unspecified atom stereocenters. The zero-order valence-corrected chi connectivity index (χ0v) is 9.40. The van der Waals surface area contributed by atoms with Gasteiger partial charge in [0.1, 0.15) is 0 Å². The summed E-state index contributed by atoms with van der Waals surface area (Å²) in [6, 6.07) is 0.357. The first kappa shape index (κ1) is 10.6. The number of nitrogens with zero attached hydrogens (tertiary/aromatic N) is 2. The molecule has 0 aromatic carbocycles. The number of aliphatic hydroxyl groups is 1. The summed E-state index contributed by atoms with van der Waals surface area (Å²) in [6.45, 7) is 4.82. The Balaban J connectivity index is 2.44. The molecule has 4 heteroatoms. The zero-order valence-electron chi connectivity index (χ0n) is 9.40. The third-order valence-electron chi connectivity index (χ3n) is 2.98. The van der Waals surface area contributed by atoms with Crippen LogP contribution in [0.3, 0.4) is 0 Å². The van der Waals surface area contributed by atoms with Crippen molar-refractivity contribution in [3.8, 4) is 0 Å². The molecular weight excluding hydrogens is 190 g/mol. The molecule has 0 amide bonds. The van der Waals surface area contributed by atoms with Gasteiger partial charge in [-0.15, -0.1) is 0 Å². The Labute approximate surface area is 90.1 Å². The number of nitrogens with two attached hydrogens (primary N) is 1. The monoisotopic (exact) mass is 209 g/mol. The normalized spacial score (nSPS) is 19.9. The van der Waals surface area contributed by atoms with Crippen LogP contribution in [-0.2, 0) is 12.8 Å². The van der Waals surface area contributed by atoms with Crippen LogP contribution in [0.15, 0.2) is 0 Å². The fourth-order valence-corrected chi connectivity index (χ4v) is 2.33. The largest absolute Gasteiger partial charge is 0.388 e. The SMILES string of the molecule is CC(C)n1nc(CCN)c2c1CCC2O. The molecule has 1 aliphatic rings. The van der Waals surface area contributed by atoms with Crippen molar-refractivity contribution in [3.63, 3.8) is 0 Å². The highest BCUT2D eigenvalue weighted by Crippen LogP contribution is 2.35. The average Bonchev–Trinajstić information content (AvgIpc) is 2.70. The van der Waals surface area contributed by atoms with E-state index in [-0.39, 0.29) is 6.10 Å². The van der Waals surface area contributed by atoms with Crippen molar-refractivity contribution in [1.82, 2.24) is 9.78 Å². The lowest BCUT2D eigenvalue weighted by Gasteiger charge is -2.08. The van der Waals surface area contributed by atoms with E-state index < -0.39 is 0 Å². The molecule has 4 nitrogen and oxygen atoms in total. The fourth-order valence-electron chi connectivity index (χ4n) is 2.33. The Kier molecular flexibility index (Phi) is 2.80. The van der Waals surface area contributed by atoms with E-state index in [1.54, 1.807) is 0 Å². The maximum absolute atomic E-state index is 9.89. The topological polar surface area (TPSA) is 64.1 Å². The van der Waals surface area contributed by atoms with E-state index >= 15 is 0 Å². The molecule has 0 saturated heterocycles. The highest BCUT2D eigenvalue weighted by molar-refractivity contribution is 5.33. The van der Waals surface area contributed by atoms with Gasteiger partial charge in [0.05, 0.1) is 11.8 Å². The van der Waals surface area contributed by atoms with Crippen LogP contribution >= 0.6 is 0 Å². The lowest BCUT2D eigenvalue weighted by Crippen LogP contribution is -2.09. The van der Waals surface area contributed by atoms with Gasteiger partial charge in [0.25, 0.3) is 0 Å². The van der Waals surface area contributed by atoms with E-state index in [1.165, 1.54) is 5.69 Å². The van der Waals surface area contributed by atoms with Crippen LogP contribution in [0.5, 0.6) is 0 Å². The van der Waals surface area contributed by atoms with Crippen LogP contribution < -0.4 is 5.73 Å². The van der Waals surface area contributed by atoms with Crippen LogP contribution in [0.1, 0.15) is 49.4 Å². The second-order valence-corrected chi connectivity index (χ2v) is 4.44. The maximum Gasteiger partial charge on any atom is 0.0829 e. The lowest BCUT2D eigenvalue weighted by atomic mass is 10.1. The van der Waals surface area contributed by atoms with Gasteiger partial charge in [0, 0.05) is 23.7 Å². The predicted octanol–water partition coefficient (Wildman–Crippen LogP) is 0.945.